The van der Waals surface area contributed by atoms with Gasteiger partial charge in [0.05, 0.1) is 6.04 Å². The van der Waals surface area contributed by atoms with Gasteiger partial charge in [0.15, 0.2) is 17.6 Å². The van der Waals surface area contributed by atoms with Gasteiger partial charge in [0.1, 0.15) is 12.4 Å². The van der Waals surface area contributed by atoms with E-state index in [0.717, 1.165) is 16.9 Å². The van der Waals surface area contributed by atoms with Crippen molar-refractivity contribution in [2.75, 3.05) is 6.61 Å². The first-order valence-corrected chi connectivity index (χ1v) is 6.79. The minimum atomic E-state index is -0.283. The summed E-state index contributed by atoms with van der Waals surface area (Å²) >= 11 is 0. The van der Waals surface area contributed by atoms with Crippen molar-refractivity contribution in [2.24, 2.45) is 5.84 Å². The molecule has 2 aromatic rings. The molecular weight excluding hydrogens is 271 g/mol. The summed E-state index contributed by atoms with van der Waals surface area (Å²) in [7, 11) is 0. The van der Waals surface area contributed by atoms with Crippen molar-refractivity contribution >= 4 is 0 Å². The normalized spacial score (nSPS) is 18.3. The molecule has 1 aliphatic heterocycles. The smallest absolute Gasteiger partial charge is 0.161 e. The number of hydrogen-bond acceptors (Lipinski definition) is 4. The third kappa shape index (κ3) is 2.70. The fourth-order valence-corrected chi connectivity index (χ4v) is 2.59. The van der Waals surface area contributed by atoms with Crippen LogP contribution in [0.2, 0.25) is 0 Å². The molecule has 0 aliphatic carbocycles. The molecule has 4 nitrogen and oxygen atoms in total. The van der Waals surface area contributed by atoms with Gasteiger partial charge in [0, 0.05) is 0 Å². The number of fused-ring (bicyclic) bond motifs is 1. The average molecular weight is 288 g/mol. The van der Waals surface area contributed by atoms with E-state index in [0.29, 0.717) is 12.4 Å². The van der Waals surface area contributed by atoms with Crippen LogP contribution in [0.3, 0.4) is 0 Å². The van der Waals surface area contributed by atoms with Crippen molar-refractivity contribution in [3.63, 3.8) is 0 Å². The minimum absolute atomic E-state index is 0.266. The van der Waals surface area contributed by atoms with Crippen LogP contribution in [-0.4, -0.2) is 12.7 Å². The average Bonchev–Trinajstić information content (AvgIpc) is 2.50. The molecule has 1 aliphatic rings. The molecule has 2 unspecified atom stereocenters. The highest BCUT2D eigenvalue weighted by molar-refractivity contribution is 5.41. The molecule has 0 radical (unpaired) electrons. The number of nitrogens with one attached hydrogen (secondary N) is 1. The number of para-hydroxylation sites is 2. The van der Waals surface area contributed by atoms with Gasteiger partial charge in [0.2, 0.25) is 0 Å². The van der Waals surface area contributed by atoms with Crippen LogP contribution in [0.5, 0.6) is 11.5 Å². The van der Waals surface area contributed by atoms with Crippen LogP contribution in [0, 0.1) is 12.7 Å². The second-order valence-electron chi connectivity index (χ2n) is 5.06. The van der Waals surface area contributed by atoms with Gasteiger partial charge in [-0.25, -0.2) is 9.82 Å². The van der Waals surface area contributed by atoms with E-state index in [1.165, 1.54) is 12.1 Å². The Morgan fingerprint density at radius 1 is 1.24 bits per heavy atom. The minimum Gasteiger partial charge on any atom is -0.486 e. The fourth-order valence-electron chi connectivity index (χ4n) is 2.59. The number of hydrazine groups is 1. The number of rotatable bonds is 3. The molecule has 3 rings (SSSR count). The Labute approximate surface area is 122 Å². The van der Waals surface area contributed by atoms with Crippen molar-refractivity contribution in [1.29, 1.82) is 0 Å². The number of hydrogen-bond donors (Lipinski definition) is 2. The molecule has 5 heteroatoms. The predicted octanol–water partition coefficient (Wildman–Crippen LogP) is 2.48. The van der Waals surface area contributed by atoms with E-state index in [4.69, 9.17) is 15.3 Å². The van der Waals surface area contributed by atoms with E-state index in [2.05, 4.69) is 5.43 Å². The Morgan fingerprint density at radius 3 is 2.71 bits per heavy atom. The maximum Gasteiger partial charge on any atom is 0.161 e. The lowest BCUT2D eigenvalue weighted by atomic mass is 9.97. The fraction of sp³-hybridized carbons (Fsp3) is 0.250. The van der Waals surface area contributed by atoms with Gasteiger partial charge in [-0.2, -0.15) is 0 Å². The molecule has 0 spiro atoms. The first-order valence-electron chi connectivity index (χ1n) is 6.79. The van der Waals surface area contributed by atoms with Gasteiger partial charge in [0.25, 0.3) is 0 Å². The highest BCUT2D eigenvalue weighted by Crippen LogP contribution is 2.34. The Kier molecular flexibility index (Phi) is 3.77. The summed E-state index contributed by atoms with van der Waals surface area (Å²) in [5, 5.41) is 0. The molecule has 0 fully saturated rings. The van der Waals surface area contributed by atoms with E-state index in [9.17, 15) is 4.39 Å². The second-order valence-corrected chi connectivity index (χ2v) is 5.06. The Hall–Kier alpha value is -2.11. The molecule has 0 saturated heterocycles. The predicted molar refractivity (Wildman–Crippen MR) is 77.6 cm³/mol. The molecule has 0 saturated carbocycles. The number of nitrogens with two attached hydrogens (primary N) is 1. The zero-order chi connectivity index (χ0) is 14.8. The van der Waals surface area contributed by atoms with Crippen molar-refractivity contribution < 1.29 is 13.9 Å². The molecule has 0 amide bonds. The molecule has 110 valence electrons. The molecule has 21 heavy (non-hydrogen) atoms. The summed E-state index contributed by atoms with van der Waals surface area (Å²) in [6.07, 6.45) is -0.283. The van der Waals surface area contributed by atoms with E-state index in [-0.39, 0.29) is 18.0 Å². The zero-order valence-electron chi connectivity index (χ0n) is 11.7. The van der Waals surface area contributed by atoms with E-state index in [1.807, 2.05) is 31.2 Å². The molecular formula is C16H17FN2O2. The Balaban J connectivity index is 1.88. The van der Waals surface area contributed by atoms with E-state index in [1.54, 1.807) is 6.07 Å². The third-order valence-corrected chi connectivity index (χ3v) is 3.65. The summed E-state index contributed by atoms with van der Waals surface area (Å²) in [4.78, 5) is 0. The van der Waals surface area contributed by atoms with Crippen molar-refractivity contribution in [2.45, 2.75) is 19.1 Å². The third-order valence-electron chi connectivity index (χ3n) is 3.65. The maximum absolute atomic E-state index is 13.2. The summed E-state index contributed by atoms with van der Waals surface area (Å²) in [5.41, 5.74) is 4.47. The lowest BCUT2D eigenvalue weighted by Gasteiger charge is -2.32. The SMILES string of the molecule is Cc1cc(F)ccc1C(NN)C1COc2ccccc2O1. The largest absolute Gasteiger partial charge is 0.486 e. The van der Waals surface area contributed by atoms with Gasteiger partial charge >= 0.3 is 0 Å². The van der Waals surface area contributed by atoms with Crippen LogP contribution in [0.1, 0.15) is 17.2 Å². The first kappa shape index (κ1) is 13.9. The summed E-state index contributed by atoms with van der Waals surface area (Å²) in [6, 6.07) is 11.8. The highest BCUT2D eigenvalue weighted by Gasteiger charge is 2.30. The Morgan fingerprint density at radius 2 is 2.00 bits per heavy atom. The topological polar surface area (TPSA) is 56.5 Å². The van der Waals surface area contributed by atoms with Crippen LogP contribution < -0.4 is 20.7 Å². The van der Waals surface area contributed by atoms with Gasteiger partial charge in [-0.15, -0.1) is 0 Å². The quantitative estimate of drug-likeness (QED) is 0.673. The van der Waals surface area contributed by atoms with Gasteiger partial charge in [-0.1, -0.05) is 18.2 Å². The standard InChI is InChI=1S/C16H17FN2O2/c1-10-8-11(17)6-7-12(10)16(19-18)15-9-20-13-4-2-3-5-14(13)21-15/h2-8,15-16,19H,9,18H2,1H3. The van der Waals surface area contributed by atoms with E-state index >= 15 is 0 Å². The highest BCUT2D eigenvalue weighted by atomic mass is 19.1. The lowest BCUT2D eigenvalue weighted by molar-refractivity contribution is 0.0615. The van der Waals surface area contributed by atoms with E-state index < -0.39 is 0 Å². The van der Waals surface area contributed by atoms with Crippen LogP contribution in [0.4, 0.5) is 4.39 Å². The molecule has 2 aromatic carbocycles. The second kappa shape index (κ2) is 5.71. The summed E-state index contributed by atoms with van der Waals surface area (Å²) < 4.78 is 24.9. The molecule has 3 N–H and O–H groups in total. The summed E-state index contributed by atoms with van der Waals surface area (Å²) in [5.74, 6) is 6.83. The van der Waals surface area contributed by atoms with Crippen molar-refractivity contribution in [3.8, 4) is 11.5 Å². The number of aryl methyl sites for hydroxylation is 1. The van der Waals surface area contributed by atoms with Crippen LogP contribution in [-0.2, 0) is 0 Å². The van der Waals surface area contributed by atoms with Crippen LogP contribution in [0.25, 0.3) is 0 Å². The number of ether oxygens (including phenoxy) is 2. The molecule has 1 heterocycles. The number of halogens is 1. The van der Waals surface area contributed by atoms with Gasteiger partial charge in [-0.3, -0.25) is 5.84 Å². The monoisotopic (exact) mass is 288 g/mol. The van der Waals surface area contributed by atoms with Crippen molar-refractivity contribution in [3.05, 3.63) is 59.4 Å². The van der Waals surface area contributed by atoms with Gasteiger partial charge in [-0.05, 0) is 42.3 Å². The first-order chi connectivity index (χ1) is 10.2. The van der Waals surface area contributed by atoms with Crippen LogP contribution >= 0.6 is 0 Å². The number of benzene rings is 2. The van der Waals surface area contributed by atoms with Crippen LogP contribution in [0.15, 0.2) is 42.5 Å². The lowest BCUT2D eigenvalue weighted by Crippen LogP contribution is -2.44. The van der Waals surface area contributed by atoms with Crippen molar-refractivity contribution in [1.82, 2.24) is 5.43 Å². The molecule has 0 aromatic heterocycles. The molecule has 2 atom stereocenters. The summed E-state index contributed by atoms with van der Waals surface area (Å²) in [6.45, 7) is 2.23. The Bertz CT molecular complexity index is 648. The van der Waals surface area contributed by atoms with Gasteiger partial charge < -0.3 is 9.47 Å². The maximum atomic E-state index is 13.2. The zero-order valence-corrected chi connectivity index (χ0v) is 11.7. The molecule has 0 bridgehead atoms.